The third-order valence-corrected chi connectivity index (χ3v) is 6.30. The number of benzene rings is 2. The molecule has 128 valence electrons. The van der Waals surface area contributed by atoms with Crippen molar-refractivity contribution in [1.82, 2.24) is 0 Å². The standard InChI is InChI=1S/C16H16O6S2/c1-8-4-9(2)11-6-13-15(24(20,21)22)7-14(23(17,18)19)10(3)16(13)12(11)5-8/h4-5,7H,6H2,1-3H3,(H,17,18,19)(H,20,21,22). The molecule has 0 heterocycles. The van der Waals surface area contributed by atoms with Gasteiger partial charge in [-0.1, -0.05) is 17.7 Å². The zero-order valence-corrected chi connectivity index (χ0v) is 14.9. The first-order chi connectivity index (χ1) is 10.9. The van der Waals surface area contributed by atoms with Crippen LogP contribution in [0, 0.1) is 20.8 Å². The molecule has 0 atom stereocenters. The summed E-state index contributed by atoms with van der Waals surface area (Å²) in [6, 6.07) is 4.63. The minimum atomic E-state index is -4.64. The van der Waals surface area contributed by atoms with Crippen LogP contribution in [0.3, 0.4) is 0 Å². The quantitative estimate of drug-likeness (QED) is 0.673. The average Bonchev–Trinajstić information content (AvgIpc) is 2.76. The number of rotatable bonds is 2. The highest BCUT2D eigenvalue weighted by Crippen LogP contribution is 2.45. The molecule has 8 heteroatoms. The topological polar surface area (TPSA) is 109 Å². The first-order valence-corrected chi connectivity index (χ1v) is 10.0. The van der Waals surface area contributed by atoms with E-state index in [9.17, 15) is 25.9 Å². The Morgan fingerprint density at radius 3 is 1.96 bits per heavy atom. The highest BCUT2D eigenvalue weighted by Gasteiger charge is 2.32. The van der Waals surface area contributed by atoms with Gasteiger partial charge in [0.05, 0.1) is 9.79 Å². The zero-order chi connectivity index (χ0) is 18.0. The van der Waals surface area contributed by atoms with E-state index in [1.807, 2.05) is 26.0 Å². The summed E-state index contributed by atoms with van der Waals surface area (Å²) in [4.78, 5) is -0.995. The molecule has 0 aliphatic heterocycles. The molecule has 0 saturated carbocycles. The fraction of sp³-hybridized carbons (Fsp3) is 0.250. The fourth-order valence-electron chi connectivity index (χ4n) is 3.46. The Morgan fingerprint density at radius 1 is 0.833 bits per heavy atom. The third kappa shape index (κ3) is 2.55. The lowest BCUT2D eigenvalue weighted by atomic mass is 9.97. The SMILES string of the molecule is Cc1cc(C)c2c(c1)-c1c(C)c(S(=O)(=O)O)cc(S(=O)(=O)O)c1C2. The van der Waals surface area contributed by atoms with E-state index < -0.39 is 30.0 Å². The first-order valence-electron chi connectivity index (χ1n) is 7.13. The Hall–Kier alpha value is -1.74. The van der Waals surface area contributed by atoms with Crippen molar-refractivity contribution in [3.8, 4) is 11.1 Å². The molecule has 0 amide bonds. The molecule has 0 spiro atoms. The van der Waals surface area contributed by atoms with Crippen LogP contribution in [-0.4, -0.2) is 25.9 Å². The molecule has 24 heavy (non-hydrogen) atoms. The molecule has 0 fully saturated rings. The van der Waals surface area contributed by atoms with E-state index in [1.165, 1.54) is 6.92 Å². The van der Waals surface area contributed by atoms with Gasteiger partial charge in [-0.05, 0) is 60.2 Å². The van der Waals surface area contributed by atoms with Gasteiger partial charge in [-0.3, -0.25) is 9.11 Å². The van der Waals surface area contributed by atoms with E-state index >= 15 is 0 Å². The lowest BCUT2D eigenvalue weighted by Gasteiger charge is -2.13. The Bertz CT molecular complexity index is 1100. The number of fused-ring (bicyclic) bond motifs is 3. The van der Waals surface area contributed by atoms with Crippen molar-refractivity contribution in [3.05, 3.63) is 46.0 Å². The van der Waals surface area contributed by atoms with Crippen LogP contribution in [0.15, 0.2) is 28.0 Å². The summed E-state index contributed by atoms with van der Waals surface area (Å²) < 4.78 is 65.8. The van der Waals surface area contributed by atoms with Gasteiger partial charge in [0.1, 0.15) is 0 Å². The third-order valence-electron chi connectivity index (χ3n) is 4.40. The Labute approximate surface area is 140 Å². The average molecular weight is 368 g/mol. The van der Waals surface area contributed by atoms with Crippen LogP contribution in [0.1, 0.15) is 27.8 Å². The minimum Gasteiger partial charge on any atom is -0.282 e. The van der Waals surface area contributed by atoms with E-state index in [0.717, 1.165) is 28.3 Å². The Kier molecular flexibility index (Phi) is 3.65. The molecule has 0 unspecified atom stereocenters. The van der Waals surface area contributed by atoms with Crippen LogP contribution >= 0.6 is 0 Å². The molecule has 0 radical (unpaired) electrons. The summed E-state index contributed by atoms with van der Waals surface area (Å²) in [5.41, 5.74) is 4.58. The molecular formula is C16H16O6S2. The molecule has 1 aliphatic rings. The molecule has 1 aliphatic carbocycles. The molecule has 0 aromatic heterocycles. The lowest BCUT2D eigenvalue weighted by molar-refractivity contribution is 0.480. The molecule has 3 rings (SSSR count). The van der Waals surface area contributed by atoms with E-state index in [-0.39, 0.29) is 12.0 Å². The van der Waals surface area contributed by atoms with Gasteiger partial charge >= 0.3 is 0 Å². The van der Waals surface area contributed by atoms with Gasteiger partial charge in [0.2, 0.25) is 0 Å². The summed E-state index contributed by atoms with van der Waals surface area (Å²) in [6.45, 7) is 5.29. The van der Waals surface area contributed by atoms with Crippen molar-refractivity contribution >= 4 is 20.2 Å². The molecule has 0 bridgehead atoms. The maximum Gasteiger partial charge on any atom is 0.294 e. The predicted molar refractivity (Wildman–Crippen MR) is 88.5 cm³/mol. The van der Waals surface area contributed by atoms with Crippen LogP contribution in [0.25, 0.3) is 11.1 Å². The highest BCUT2D eigenvalue weighted by molar-refractivity contribution is 7.86. The van der Waals surface area contributed by atoms with Crippen LogP contribution in [0.2, 0.25) is 0 Å². The Balaban J connectivity index is 2.53. The number of aryl methyl sites for hydroxylation is 2. The van der Waals surface area contributed by atoms with E-state index in [0.29, 0.717) is 11.1 Å². The van der Waals surface area contributed by atoms with Crippen molar-refractivity contribution in [1.29, 1.82) is 0 Å². The summed E-state index contributed by atoms with van der Waals surface area (Å²) >= 11 is 0. The van der Waals surface area contributed by atoms with Gasteiger partial charge < -0.3 is 0 Å². The van der Waals surface area contributed by atoms with Crippen LogP contribution < -0.4 is 0 Å². The van der Waals surface area contributed by atoms with Crippen LogP contribution in [0.5, 0.6) is 0 Å². The minimum absolute atomic E-state index is 0.267. The van der Waals surface area contributed by atoms with Crippen molar-refractivity contribution in [2.75, 3.05) is 0 Å². The highest BCUT2D eigenvalue weighted by atomic mass is 32.2. The van der Waals surface area contributed by atoms with Gasteiger partial charge in [-0.25, -0.2) is 0 Å². The van der Waals surface area contributed by atoms with Crippen molar-refractivity contribution in [2.45, 2.75) is 37.0 Å². The van der Waals surface area contributed by atoms with Crippen LogP contribution in [-0.2, 0) is 26.7 Å². The maximum absolute atomic E-state index is 11.8. The summed E-state index contributed by atoms with van der Waals surface area (Å²) in [7, 11) is -9.28. The smallest absolute Gasteiger partial charge is 0.282 e. The normalized spacial score (nSPS) is 13.7. The van der Waals surface area contributed by atoms with E-state index in [1.54, 1.807) is 0 Å². The molecule has 0 saturated heterocycles. The zero-order valence-electron chi connectivity index (χ0n) is 13.3. The lowest BCUT2D eigenvalue weighted by Crippen LogP contribution is -2.09. The summed E-state index contributed by atoms with van der Waals surface area (Å²) in [5, 5.41) is 0. The summed E-state index contributed by atoms with van der Waals surface area (Å²) in [5.74, 6) is 0. The van der Waals surface area contributed by atoms with Crippen LogP contribution in [0.4, 0.5) is 0 Å². The Morgan fingerprint density at radius 2 is 1.42 bits per heavy atom. The predicted octanol–water partition coefficient (Wildman–Crippen LogP) is 2.68. The summed E-state index contributed by atoms with van der Waals surface area (Å²) in [6.07, 6.45) is 0.276. The van der Waals surface area contributed by atoms with Gasteiger partial charge in [0.25, 0.3) is 20.2 Å². The molecule has 6 nitrogen and oxygen atoms in total. The molecule has 2 aromatic rings. The molecule has 2 N–H and O–H groups in total. The second-order valence-electron chi connectivity index (χ2n) is 6.09. The first kappa shape index (κ1) is 17.1. The maximum atomic E-state index is 11.8. The second-order valence-corrected chi connectivity index (χ2v) is 8.87. The van der Waals surface area contributed by atoms with E-state index in [4.69, 9.17) is 0 Å². The number of hydrogen-bond donors (Lipinski definition) is 2. The molecular weight excluding hydrogens is 352 g/mol. The fourth-order valence-corrected chi connectivity index (χ4v) is 5.04. The van der Waals surface area contributed by atoms with Gasteiger partial charge in [-0.15, -0.1) is 0 Å². The van der Waals surface area contributed by atoms with Crippen molar-refractivity contribution in [2.24, 2.45) is 0 Å². The van der Waals surface area contributed by atoms with Gasteiger partial charge in [0.15, 0.2) is 0 Å². The monoisotopic (exact) mass is 368 g/mol. The number of hydrogen-bond acceptors (Lipinski definition) is 4. The van der Waals surface area contributed by atoms with Crippen molar-refractivity contribution < 1.29 is 25.9 Å². The van der Waals surface area contributed by atoms with Gasteiger partial charge in [0, 0.05) is 6.42 Å². The second kappa shape index (κ2) is 5.13. The van der Waals surface area contributed by atoms with E-state index in [2.05, 4.69) is 0 Å². The largest absolute Gasteiger partial charge is 0.294 e. The van der Waals surface area contributed by atoms with Gasteiger partial charge in [-0.2, -0.15) is 16.8 Å². The van der Waals surface area contributed by atoms with Crippen molar-refractivity contribution in [3.63, 3.8) is 0 Å². The molecule has 2 aromatic carbocycles.